The maximum atomic E-state index is 8.44. The highest BCUT2D eigenvalue weighted by atomic mass is 16.5. The van der Waals surface area contributed by atoms with Crippen molar-refractivity contribution in [3.8, 4) is 11.9 Å². The summed E-state index contributed by atoms with van der Waals surface area (Å²) in [6.07, 6.45) is 5.43. The number of nitrogens with zero attached hydrogens (tertiary/aromatic N) is 2. The molecule has 0 saturated heterocycles. The molecule has 0 heterocycles. The molecule has 4 heteroatoms. The van der Waals surface area contributed by atoms with E-state index in [2.05, 4.69) is 10.3 Å². The first-order valence-electron chi connectivity index (χ1n) is 4.74. The third-order valence-corrected chi connectivity index (χ3v) is 1.97. The van der Waals surface area contributed by atoms with Crippen LogP contribution in [0.4, 0.5) is 0 Å². The standard InChI is InChI=1S/C12H13N3O/c1-14-12(15-9-13)8-5-10-3-6-11(16-2)7-4-10/h3-8H,1-2H3,(H,14,15)/b8-5+. The lowest BCUT2D eigenvalue weighted by Gasteiger charge is -1.99. The molecule has 0 amide bonds. The minimum absolute atomic E-state index is 0.526. The summed E-state index contributed by atoms with van der Waals surface area (Å²) in [5.74, 6) is 1.34. The Kier molecular flexibility index (Phi) is 4.61. The van der Waals surface area contributed by atoms with Gasteiger partial charge in [0.2, 0.25) is 0 Å². The molecule has 16 heavy (non-hydrogen) atoms. The molecule has 0 fully saturated rings. The molecule has 0 aliphatic rings. The Morgan fingerprint density at radius 3 is 2.62 bits per heavy atom. The van der Waals surface area contributed by atoms with E-state index in [-0.39, 0.29) is 0 Å². The van der Waals surface area contributed by atoms with Crippen LogP contribution in [0.25, 0.3) is 6.08 Å². The van der Waals surface area contributed by atoms with E-state index >= 15 is 0 Å². The first-order valence-corrected chi connectivity index (χ1v) is 4.74. The zero-order valence-electron chi connectivity index (χ0n) is 9.27. The van der Waals surface area contributed by atoms with Crippen LogP contribution in [0, 0.1) is 11.5 Å². The van der Waals surface area contributed by atoms with E-state index in [0.717, 1.165) is 11.3 Å². The number of aliphatic imine (C=N–C) groups is 1. The van der Waals surface area contributed by atoms with Gasteiger partial charge in [0.05, 0.1) is 7.11 Å². The van der Waals surface area contributed by atoms with E-state index in [1.807, 2.05) is 36.5 Å². The van der Waals surface area contributed by atoms with Crippen LogP contribution in [0.1, 0.15) is 5.56 Å². The second-order valence-corrected chi connectivity index (χ2v) is 2.95. The van der Waals surface area contributed by atoms with Gasteiger partial charge in [-0.25, -0.2) is 0 Å². The lowest BCUT2D eigenvalue weighted by molar-refractivity contribution is 0.415. The van der Waals surface area contributed by atoms with E-state index in [0.29, 0.717) is 5.84 Å². The van der Waals surface area contributed by atoms with Crippen LogP contribution < -0.4 is 10.1 Å². The van der Waals surface area contributed by atoms with E-state index in [1.165, 1.54) is 0 Å². The van der Waals surface area contributed by atoms with Gasteiger partial charge in [0.15, 0.2) is 6.19 Å². The molecule has 0 aliphatic heterocycles. The molecule has 0 aliphatic carbocycles. The summed E-state index contributed by atoms with van der Waals surface area (Å²) >= 11 is 0. The Hall–Kier alpha value is -2.28. The summed E-state index contributed by atoms with van der Waals surface area (Å²) in [5.41, 5.74) is 1.02. The average molecular weight is 215 g/mol. The molecule has 1 aromatic carbocycles. The van der Waals surface area contributed by atoms with Gasteiger partial charge < -0.3 is 4.74 Å². The van der Waals surface area contributed by atoms with Crippen molar-refractivity contribution in [2.24, 2.45) is 4.99 Å². The predicted molar refractivity (Wildman–Crippen MR) is 64.1 cm³/mol. The Labute approximate surface area is 94.9 Å². The van der Waals surface area contributed by atoms with Crippen molar-refractivity contribution in [1.29, 1.82) is 5.26 Å². The number of hydrogen-bond acceptors (Lipinski definition) is 3. The van der Waals surface area contributed by atoms with Gasteiger partial charge in [0.1, 0.15) is 11.6 Å². The van der Waals surface area contributed by atoms with Crippen molar-refractivity contribution in [1.82, 2.24) is 5.32 Å². The van der Waals surface area contributed by atoms with Crippen LogP contribution in [0.15, 0.2) is 35.3 Å². The van der Waals surface area contributed by atoms with Crippen LogP contribution in [-0.4, -0.2) is 20.0 Å². The third-order valence-electron chi connectivity index (χ3n) is 1.97. The molecule has 0 atom stereocenters. The van der Waals surface area contributed by atoms with Gasteiger partial charge in [0.25, 0.3) is 0 Å². The van der Waals surface area contributed by atoms with E-state index in [4.69, 9.17) is 10.00 Å². The Morgan fingerprint density at radius 2 is 2.12 bits per heavy atom. The smallest absolute Gasteiger partial charge is 0.182 e. The van der Waals surface area contributed by atoms with E-state index in [9.17, 15) is 0 Å². The Balaban J connectivity index is 2.72. The first kappa shape index (κ1) is 11.8. The minimum atomic E-state index is 0.526. The highest BCUT2D eigenvalue weighted by Gasteiger charge is 1.92. The fraction of sp³-hybridized carbons (Fsp3) is 0.167. The van der Waals surface area contributed by atoms with Crippen LogP contribution in [0.2, 0.25) is 0 Å². The molecule has 0 unspecified atom stereocenters. The SMILES string of the molecule is CN=C(/C=C/c1ccc(OC)cc1)NC#N. The Morgan fingerprint density at radius 1 is 1.44 bits per heavy atom. The van der Waals surface area contributed by atoms with Gasteiger partial charge in [-0.15, -0.1) is 0 Å². The van der Waals surface area contributed by atoms with Gasteiger partial charge in [0, 0.05) is 7.05 Å². The molecule has 0 spiro atoms. The summed E-state index contributed by atoms with van der Waals surface area (Å²) in [4.78, 5) is 3.90. The van der Waals surface area contributed by atoms with Crippen molar-refractivity contribution in [3.05, 3.63) is 35.9 Å². The van der Waals surface area contributed by atoms with Crippen molar-refractivity contribution in [2.75, 3.05) is 14.2 Å². The molecular formula is C12H13N3O. The predicted octanol–water partition coefficient (Wildman–Crippen LogP) is 1.81. The normalized spacial score (nSPS) is 11.2. The van der Waals surface area contributed by atoms with Crippen molar-refractivity contribution < 1.29 is 4.74 Å². The number of nitriles is 1. The monoisotopic (exact) mass is 215 g/mol. The second-order valence-electron chi connectivity index (χ2n) is 2.95. The van der Waals surface area contributed by atoms with E-state index in [1.54, 1.807) is 20.2 Å². The van der Waals surface area contributed by atoms with Gasteiger partial charge in [-0.05, 0) is 23.8 Å². The zero-order valence-corrected chi connectivity index (χ0v) is 9.27. The Bertz CT molecular complexity index is 427. The van der Waals surface area contributed by atoms with Crippen LogP contribution in [0.5, 0.6) is 5.75 Å². The highest BCUT2D eigenvalue weighted by molar-refractivity contribution is 5.97. The quantitative estimate of drug-likeness (QED) is 0.362. The zero-order chi connectivity index (χ0) is 11.8. The molecule has 1 rings (SSSR count). The molecule has 1 aromatic rings. The molecule has 1 N–H and O–H groups in total. The van der Waals surface area contributed by atoms with Crippen molar-refractivity contribution in [2.45, 2.75) is 0 Å². The summed E-state index contributed by atoms with van der Waals surface area (Å²) < 4.78 is 5.05. The molecule has 0 bridgehead atoms. The molecule has 4 nitrogen and oxygen atoms in total. The molecular weight excluding hydrogens is 202 g/mol. The summed E-state index contributed by atoms with van der Waals surface area (Å²) in [5, 5.41) is 10.9. The topological polar surface area (TPSA) is 57.4 Å². The number of hydrogen-bond donors (Lipinski definition) is 1. The summed E-state index contributed by atoms with van der Waals surface area (Å²) in [6, 6.07) is 7.60. The summed E-state index contributed by atoms with van der Waals surface area (Å²) in [6.45, 7) is 0. The van der Waals surface area contributed by atoms with Gasteiger partial charge >= 0.3 is 0 Å². The lowest BCUT2D eigenvalue weighted by Crippen LogP contribution is -2.14. The molecule has 82 valence electrons. The van der Waals surface area contributed by atoms with Gasteiger partial charge in [-0.1, -0.05) is 18.2 Å². The van der Waals surface area contributed by atoms with Gasteiger partial charge in [-0.2, -0.15) is 5.26 Å². The van der Waals surface area contributed by atoms with Crippen molar-refractivity contribution in [3.63, 3.8) is 0 Å². The second kappa shape index (κ2) is 6.25. The highest BCUT2D eigenvalue weighted by Crippen LogP contribution is 2.12. The number of benzene rings is 1. The molecule has 0 saturated carbocycles. The number of nitrogens with one attached hydrogen (secondary N) is 1. The molecule has 0 radical (unpaired) electrons. The lowest BCUT2D eigenvalue weighted by atomic mass is 10.2. The maximum Gasteiger partial charge on any atom is 0.182 e. The molecule has 0 aromatic heterocycles. The number of ether oxygens (including phenoxy) is 1. The largest absolute Gasteiger partial charge is 0.497 e. The maximum absolute atomic E-state index is 8.44. The fourth-order valence-electron chi connectivity index (χ4n) is 1.12. The number of rotatable bonds is 3. The first-order chi connectivity index (χ1) is 7.80. The van der Waals surface area contributed by atoms with Gasteiger partial charge in [-0.3, -0.25) is 10.3 Å². The number of amidine groups is 1. The van der Waals surface area contributed by atoms with Crippen molar-refractivity contribution >= 4 is 11.9 Å². The van der Waals surface area contributed by atoms with E-state index < -0.39 is 0 Å². The number of methoxy groups -OCH3 is 1. The van der Waals surface area contributed by atoms with Crippen LogP contribution in [-0.2, 0) is 0 Å². The fourth-order valence-corrected chi connectivity index (χ4v) is 1.12. The van der Waals surface area contributed by atoms with Crippen LogP contribution >= 0.6 is 0 Å². The average Bonchev–Trinajstić information content (AvgIpc) is 2.35. The summed E-state index contributed by atoms with van der Waals surface area (Å²) in [7, 11) is 3.25. The third kappa shape index (κ3) is 3.46. The van der Waals surface area contributed by atoms with Crippen LogP contribution in [0.3, 0.4) is 0 Å². The minimum Gasteiger partial charge on any atom is -0.497 e.